The van der Waals surface area contributed by atoms with Gasteiger partial charge in [-0.25, -0.2) is 14.5 Å². The number of carbonyl (C=O) groups is 1. The molecule has 3 aromatic rings. The summed E-state index contributed by atoms with van der Waals surface area (Å²) < 4.78 is 12.1. The van der Waals surface area contributed by atoms with Gasteiger partial charge in [0.05, 0.1) is 25.2 Å². The van der Waals surface area contributed by atoms with Gasteiger partial charge in [0.15, 0.2) is 11.5 Å². The van der Waals surface area contributed by atoms with Gasteiger partial charge in [-0.2, -0.15) is 5.10 Å². The van der Waals surface area contributed by atoms with Gasteiger partial charge in [0.2, 0.25) is 5.95 Å². The number of methoxy groups -OCH3 is 1. The largest absolute Gasteiger partial charge is 0.493 e. The summed E-state index contributed by atoms with van der Waals surface area (Å²) in [5.74, 6) is 0.992. The number of anilines is 2. The fraction of sp³-hybridized carbons (Fsp3) is 0.105. The van der Waals surface area contributed by atoms with E-state index >= 15 is 0 Å². The van der Waals surface area contributed by atoms with Crippen molar-refractivity contribution in [2.75, 3.05) is 18.2 Å². The van der Waals surface area contributed by atoms with Gasteiger partial charge in [0, 0.05) is 5.69 Å². The molecule has 138 valence electrons. The van der Waals surface area contributed by atoms with Crippen LogP contribution in [-0.4, -0.2) is 29.1 Å². The Morgan fingerprint density at radius 3 is 2.67 bits per heavy atom. The molecule has 3 N–H and O–H groups in total. The molecule has 1 heterocycles. The average molecular weight is 365 g/mol. The van der Waals surface area contributed by atoms with Crippen molar-refractivity contribution in [3.8, 4) is 11.5 Å². The zero-order valence-electron chi connectivity index (χ0n) is 14.9. The van der Waals surface area contributed by atoms with E-state index in [0.29, 0.717) is 23.1 Å². The van der Waals surface area contributed by atoms with Crippen molar-refractivity contribution in [3.63, 3.8) is 0 Å². The van der Waals surface area contributed by atoms with Gasteiger partial charge in [-0.1, -0.05) is 18.2 Å². The van der Waals surface area contributed by atoms with Gasteiger partial charge in [-0.05, 0) is 42.8 Å². The van der Waals surface area contributed by atoms with Crippen LogP contribution in [0.4, 0.5) is 16.4 Å². The first-order valence-corrected chi connectivity index (χ1v) is 8.13. The number of aryl methyl sites for hydroxylation is 1. The lowest BCUT2D eigenvalue weighted by Gasteiger charge is -2.10. The number of nitrogens with one attached hydrogen (secondary N) is 1. The quantitative estimate of drug-likeness (QED) is 0.675. The smallest absolute Gasteiger partial charge is 0.417 e. The Morgan fingerprint density at radius 1 is 1.22 bits per heavy atom. The number of ether oxygens (including phenoxy) is 2. The molecular formula is C19H19N5O3. The lowest BCUT2D eigenvalue weighted by atomic mass is 10.2. The molecule has 0 saturated carbocycles. The third kappa shape index (κ3) is 4.63. The molecule has 0 spiro atoms. The van der Waals surface area contributed by atoms with Crippen LogP contribution in [0, 0.1) is 6.92 Å². The first kappa shape index (κ1) is 18.0. The fourth-order valence-corrected chi connectivity index (χ4v) is 2.34. The third-order valence-corrected chi connectivity index (χ3v) is 3.58. The number of carbonyl (C=O) groups excluding carboxylic acids is 1. The van der Waals surface area contributed by atoms with E-state index in [2.05, 4.69) is 15.4 Å². The first-order valence-electron chi connectivity index (χ1n) is 8.13. The van der Waals surface area contributed by atoms with E-state index in [1.54, 1.807) is 42.7 Å². The maximum atomic E-state index is 12.0. The van der Waals surface area contributed by atoms with Gasteiger partial charge in [0.25, 0.3) is 0 Å². The SMILES string of the molecule is COc1cc(C=Nn2cc(C)nc2N)ccc1OC(=O)Nc1ccccc1. The van der Waals surface area contributed by atoms with Crippen molar-refractivity contribution in [1.29, 1.82) is 0 Å². The van der Waals surface area contributed by atoms with E-state index in [1.807, 2.05) is 25.1 Å². The number of aromatic nitrogens is 2. The number of hydrogen-bond donors (Lipinski definition) is 2. The molecule has 8 heteroatoms. The Labute approximate surface area is 156 Å². The Hall–Kier alpha value is -3.81. The van der Waals surface area contributed by atoms with E-state index in [4.69, 9.17) is 15.2 Å². The van der Waals surface area contributed by atoms with Gasteiger partial charge >= 0.3 is 6.09 Å². The molecule has 0 unspecified atom stereocenters. The summed E-state index contributed by atoms with van der Waals surface area (Å²) in [5, 5.41) is 6.89. The maximum Gasteiger partial charge on any atom is 0.417 e. The normalized spacial score (nSPS) is 10.7. The van der Waals surface area contributed by atoms with Crippen LogP contribution in [0.2, 0.25) is 0 Å². The highest BCUT2D eigenvalue weighted by Crippen LogP contribution is 2.28. The molecule has 0 aliphatic carbocycles. The predicted molar refractivity (Wildman–Crippen MR) is 103 cm³/mol. The first-order chi connectivity index (χ1) is 13.0. The molecule has 0 aliphatic rings. The van der Waals surface area contributed by atoms with Gasteiger partial charge in [-0.15, -0.1) is 0 Å². The van der Waals surface area contributed by atoms with Gasteiger partial charge in [0.1, 0.15) is 0 Å². The van der Waals surface area contributed by atoms with E-state index < -0.39 is 6.09 Å². The molecule has 27 heavy (non-hydrogen) atoms. The number of nitrogens with two attached hydrogens (primary N) is 1. The molecule has 8 nitrogen and oxygen atoms in total. The molecule has 0 aliphatic heterocycles. The second kappa shape index (κ2) is 8.05. The van der Waals surface area contributed by atoms with Crippen LogP contribution < -0.4 is 20.5 Å². The third-order valence-electron chi connectivity index (χ3n) is 3.58. The van der Waals surface area contributed by atoms with Crippen molar-refractivity contribution in [2.24, 2.45) is 5.10 Å². The zero-order valence-corrected chi connectivity index (χ0v) is 14.9. The minimum absolute atomic E-state index is 0.293. The molecule has 0 fully saturated rings. The molecule has 0 saturated heterocycles. The number of amides is 1. The van der Waals surface area contributed by atoms with Gasteiger partial charge < -0.3 is 15.2 Å². The molecule has 0 radical (unpaired) electrons. The fourth-order valence-electron chi connectivity index (χ4n) is 2.34. The standard InChI is InChI=1S/C19H19N5O3/c1-13-12-24(18(20)22-13)21-11-14-8-9-16(17(10-14)26-2)27-19(25)23-15-6-4-3-5-7-15/h3-12H,1-2H3,(H2,20,22)(H,23,25). The lowest BCUT2D eigenvalue weighted by Crippen LogP contribution is -2.17. The Bertz CT molecular complexity index is 967. The second-order valence-corrected chi connectivity index (χ2v) is 5.62. The van der Waals surface area contributed by atoms with Crippen LogP contribution in [0.15, 0.2) is 59.8 Å². The molecule has 1 aromatic heterocycles. The molecule has 3 rings (SSSR count). The van der Waals surface area contributed by atoms with Crippen LogP contribution in [0.1, 0.15) is 11.3 Å². The minimum Gasteiger partial charge on any atom is -0.493 e. The number of nitrogen functional groups attached to an aromatic ring is 1. The molecule has 0 bridgehead atoms. The summed E-state index contributed by atoms with van der Waals surface area (Å²) in [6, 6.07) is 14.1. The summed E-state index contributed by atoms with van der Waals surface area (Å²) in [6.07, 6.45) is 2.71. The number of para-hydroxylation sites is 1. The average Bonchev–Trinajstić information content (AvgIpc) is 2.98. The van der Waals surface area contributed by atoms with Crippen LogP contribution in [0.3, 0.4) is 0 Å². The van der Waals surface area contributed by atoms with Crippen LogP contribution in [0.25, 0.3) is 0 Å². The number of nitrogens with zero attached hydrogens (tertiary/aromatic N) is 3. The summed E-state index contributed by atoms with van der Waals surface area (Å²) >= 11 is 0. The Morgan fingerprint density at radius 2 is 2.00 bits per heavy atom. The number of hydrogen-bond acceptors (Lipinski definition) is 6. The lowest BCUT2D eigenvalue weighted by molar-refractivity contribution is 0.213. The highest BCUT2D eigenvalue weighted by molar-refractivity contribution is 5.87. The second-order valence-electron chi connectivity index (χ2n) is 5.62. The highest BCUT2D eigenvalue weighted by Gasteiger charge is 2.11. The molecular weight excluding hydrogens is 346 g/mol. The van der Waals surface area contributed by atoms with Crippen molar-refractivity contribution in [1.82, 2.24) is 9.66 Å². The topological polar surface area (TPSA) is 104 Å². The Balaban J connectivity index is 1.72. The van der Waals surface area contributed by atoms with Crippen molar-refractivity contribution >= 4 is 23.9 Å². The predicted octanol–water partition coefficient (Wildman–Crippen LogP) is 3.28. The van der Waals surface area contributed by atoms with Crippen molar-refractivity contribution in [3.05, 3.63) is 66.0 Å². The Kier molecular flexibility index (Phi) is 5.36. The summed E-state index contributed by atoms with van der Waals surface area (Å²) in [4.78, 5) is 16.1. The van der Waals surface area contributed by atoms with E-state index in [-0.39, 0.29) is 0 Å². The maximum absolute atomic E-state index is 12.0. The number of imidazole rings is 1. The van der Waals surface area contributed by atoms with Crippen LogP contribution in [0.5, 0.6) is 11.5 Å². The summed E-state index contributed by atoms with van der Waals surface area (Å²) in [6.45, 7) is 1.83. The molecule has 1 amide bonds. The van der Waals surface area contributed by atoms with Crippen LogP contribution in [-0.2, 0) is 0 Å². The molecule has 0 atom stereocenters. The molecule has 2 aromatic carbocycles. The highest BCUT2D eigenvalue weighted by atomic mass is 16.6. The minimum atomic E-state index is -0.609. The van der Waals surface area contributed by atoms with Crippen molar-refractivity contribution < 1.29 is 14.3 Å². The van der Waals surface area contributed by atoms with E-state index in [1.165, 1.54) is 11.8 Å². The zero-order chi connectivity index (χ0) is 19.2. The monoisotopic (exact) mass is 365 g/mol. The van der Waals surface area contributed by atoms with E-state index in [0.717, 1.165) is 11.3 Å². The number of benzene rings is 2. The summed E-state index contributed by atoms with van der Waals surface area (Å²) in [5.41, 5.74) is 7.91. The number of rotatable bonds is 5. The van der Waals surface area contributed by atoms with Crippen molar-refractivity contribution in [2.45, 2.75) is 6.92 Å². The van der Waals surface area contributed by atoms with Gasteiger partial charge in [-0.3, -0.25) is 5.32 Å². The summed E-state index contributed by atoms with van der Waals surface area (Å²) in [7, 11) is 1.50. The van der Waals surface area contributed by atoms with Crippen LogP contribution >= 0.6 is 0 Å². The van der Waals surface area contributed by atoms with E-state index in [9.17, 15) is 4.79 Å².